The average Bonchev–Trinajstić information content (AvgIpc) is 2.16. The van der Waals surface area contributed by atoms with Crippen LogP contribution in [0.4, 0.5) is 0 Å². The van der Waals surface area contributed by atoms with E-state index < -0.39 is 0 Å². The molecule has 0 aromatic carbocycles. The lowest BCUT2D eigenvalue weighted by molar-refractivity contribution is 0.292. The largest absolute Gasteiger partial charge is 0.377 e. The van der Waals surface area contributed by atoms with E-state index in [0.717, 1.165) is 13.0 Å². The summed E-state index contributed by atoms with van der Waals surface area (Å²) < 4.78 is 0. The monoisotopic (exact) mass is 154 g/mol. The highest BCUT2D eigenvalue weighted by Gasteiger charge is 2.11. The molecule has 0 N–H and O–H groups in total. The second-order valence-electron chi connectivity index (χ2n) is 3.17. The first-order valence-corrected chi connectivity index (χ1v) is 4.35. The standard InChI is InChI=1S/C9H18N2/c1-4-11-6-5-9(2)10(3)7-8-11/h2,4-8H2,1,3H3. The Morgan fingerprint density at radius 3 is 2.73 bits per heavy atom. The summed E-state index contributed by atoms with van der Waals surface area (Å²) in [6.07, 6.45) is 1.13. The smallest absolute Gasteiger partial charge is 0.0299 e. The van der Waals surface area contributed by atoms with Gasteiger partial charge < -0.3 is 9.80 Å². The topological polar surface area (TPSA) is 6.48 Å². The van der Waals surface area contributed by atoms with Crippen molar-refractivity contribution in [2.24, 2.45) is 0 Å². The molecule has 1 heterocycles. The minimum Gasteiger partial charge on any atom is -0.377 e. The Balaban J connectivity index is 2.44. The third kappa shape index (κ3) is 2.22. The predicted molar refractivity (Wildman–Crippen MR) is 48.5 cm³/mol. The molecule has 0 bridgehead atoms. The number of hydrogen-bond donors (Lipinski definition) is 0. The zero-order valence-corrected chi connectivity index (χ0v) is 7.64. The van der Waals surface area contributed by atoms with Crippen LogP contribution in [0.1, 0.15) is 13.3 Å². The maximum Gasteiger partial charge on any atom is 0.0299 e. The Hall–Kier alpha value is -0.500. The molecule has 1 rings (SSSR count). The van der Waals surface area contributed by atoms with Gasteiger partial charge in [-0.2, -0.15) is 0 Å². The highest BCUT2D eigenvalue weighted by atomic mass is 15.2. The third-order valence-corrected chi connectivity index (χ3v) is 2.46. The van der Waals surface area contributed by atoms with Gasteiger partial charge in [0.15, 0.2) is 0 Å². The number of hydrogen-bond acceptors (Lipinski definition) is 2. The van der Waals surface area contributed by atoms with Crippen molar-refractivity contribution >= 4 is 0 Å². The molecular weight excluding hydrogens is 136 g/mol. The van der Waals surface area contributed by atoms with Crippen LogP contribution in [0.3, 0.4) is 0 Å². The van der Waals surface area contributed by atoms with E-state index in [1.165, 1.54) is 25.3 Å². The lowest BCUT2D eigenvalue weighted by Gasteiger charge is -2.18. The van der Waals surface area contributed by atoms with Crippen LogP contribution in [-0.2, 0) is 0 Å². The average molecular weight is 154 g/mol. The Labute approximate surface area is 69.5 Å². The van der Waals surface area contributed by atoms with Crippen LogP contribution in [0.2, 0.25) is 0 Å². The lowest BCUT2D eigenvalue weighted by atomic mass is 10.3. The normalized spacial score (nSPS) is 22.0. The summed E-state index contributed by atoms with van der Waals surface area (Å²) in [6.45, 7) is 10.9. The second-order valence-corrected chi connectivity index (χ2v) is 3.17. The van der Waals surface area contributed by atoms with E-state index in [2.05, 4.69) is 30.4 Å². The molecule has 11 heavy (non-hydrogen) atoms. The summed E-state index contributed by atoms with van der Waals surface area (Å²) in [5.41, 5.74) is 1.28. The van der Waals surface area contributed by atoms with Crippen LogP contribution in [-0.4, -0.2) is 43.0 Å². The number of likely N-dealkylation sites (N-methyl/N-ethyl adjacent to an activating group) is 2. The van der Waals surface area contributed by atoms with Crippen molar-refractivity contribution in [2.75, 3.05) is 33.2 Å². The summed E-state index contributed by atoms with van der Waals surface area (Å²) >= 11 is 0. The van der Waals surface area contributed by atoms with Gasteiger partial charge in [-0.05, 0) is 13.0 Å². The van der Waals surface area contributed by atoms with Crippen molar-refractivity contribution in [3.63, 3.8) is 0 Å². The summed E-state index contributed by atoms with van der Waals surface area (Å²) in [6, 6.07) is 0. The van der Waals surface area contributed by atoms with Crippen LogP contribution in [0.25, 0.3) is 0 Å². The molecule has 0 aliphatic carbocycles. The number of rotatable bonds is 1. The molecule has 0 aromatic heterocycles. The first kappa shape index (κ1) is 8.60. The molecule has 1 aliphatic rings. The zero-order valence-electron chi connectivity index (χ0n) is 7.64. The fraction of sp³-hybridized carbons (Fsp3) is 0.778. The predicted octanol–water partition coefficient (Wildman–Crippen LogP) is 1.16. The van der Waals surface area contributed by atoms with Gasteiger partial charge in [-0.3, -0.25) is 0 Å². The van der Waals surface area contributed by atoms with Gasteiger partial charge in [0, 0.05) is 32.4 Å². The first-order chi connectivity index (χ1) is 5.24. The van der Waals surface area contributed by atoms with Gasteiger partial charge in [-0.25, -0.2) is 0 Å². The highest BCUT2D eigenvalue weighted by molar-refractivity contribution is 4.95. The van der Waals surface area contributed by atoms with Crippen molar-refractivity contribution in [3.05, 3.63) is 12.3 Å². The SMILES string of the molecule is C=C1CCN(CC)CCN1C. The molecule has 64 valence electrons. The zero-order chi connectivity index (χ0) is 8.27. The summed E-state index contributed by atoms with van der Waals surface area (Å²) in [7, 11) is 2.13. The van der Waals surface area contributed by atoms with Crippen molar-refractivity contribution in [1.82, 2.24) is 9.80 Å². The second kappa shape index (κ2) is 3.77. The van der Waals surface area contributed by atoms with Gasteiger partial charge in [-0.1, -0.05) is 13.5 Å². The fourth-order valence-corrected chi connectivity index (χ4v) is 1.36. The van der Waals surface area contributed by atoms with E-state index >= 15 is 0 Å². The van der Waals surface area contributed by atoms with Gasteiger partial charge >= 0.3 is 0 Å². The molecular formula is C9H18N2. The summed E-state index contributed by atoms with van der Waals surface area (Å²) in [5, 5.41) is 0. The van der Waals surface area contributed by atoms with E-state index in [1.807, 2.05) is 0 Å². The maximum absolute atomic E-state index is 4.02. The van der Waals surface area contributed by atoms with Gasteiger partial charge in [0.25, 0.3) is 0 Å². The third-order valence-electron chi connectivity index (χ3n) is 2.46. The molecule has 0 saturated carbocycles. The molecule has 2 heteroatoms. The van der Waals surface area contributed by atoms with Crippen LogP contribution in [0, 0.1) is 0 Å². The van der Waals surface area contributed by atoms with Crippen LogP contribution in [0.5, 0.6) is 0 Å². The van der Waals surface area contributed by atoms with Crippen molar-refractivity contribution < 1.29 is 0 Å². The van der Waals surface area contributed by atoms with Gasteiger partial charge in [0.2, 0.25) is 0 Å². The molecule has 0 unspecified atom stereocenters. The van der Waals surface area contributed by atoms with Crippen molar-refractivity contribution in [3.8, 4) is 0 Å². The van der Waals surface area contributed by atoms with Crippen molar-refractivity contribution in [1.29, 1.82) is 0 Å². The molecule has 0 aromatic rings. The van der Waals surface area contributed by atoms with E-state index in [4.69, 9.17) is 0 Å². The molecule has 0 radical (unpaired) electrons. The van der Waals surface area contributed by atoms with Crippen LogP contribution < -0.4 is 0 Å². The van der Waals surface area contributed by atoms with E-state index in [9.17, 15) is 0 Å². The molecule has 2 nitrogen and oxygen atoms in total. The quantitative estimate of drug-likeness (QED) is 0.559. The van der Waals surface area contributed by atoms with Gasteiger partial charge in [0.05, 0.1) is 0 Å². The Morgan fingerprint density at radius 2 is 2.09 bits per heavy atom. The van der Waals surface area contributed by atoms with E-state index in [1.54, 1.807) is 0 Å². The Bertz CT molecular complexity index is 142. The Morgan fingerprint density at radius 1 is 1.36 bits per heavy atom. The van der Waals surface area contributed by atoms with Crippen molar-refractivity contribution in [2.45, 2.75) is 13.3 Å². The summed E-state index contributed by atoms with van der Waals surface area (Å²) in [5.74, 6) is 0. The highest BCUT2D eigenvalue weighted by Crippen LogP contribution is 2.09. The van der Waals surface area contributed by atoms with E-state index in [-0.39, 0.29) is 0 Å². The molecule has 0 amide bonds. The lowest BCUT2D eigenvalue weighted by Crippen LogP contribution is -2.28. The van der Waals surface area contributed by atoms with Gasteiger partial charge in [-0.15, -0.1) is 0 Å². The number of nitrogens with zero attached hydrogens (tertiary/aromatic N) is 2. The minimum absolute atomic E-state index is 1.13. The van der Waals surface area contributed by atoms with Crippen LogP contribution in [0.15, 0.2) is 12.3 Å². The molecule has 1 aliphatic heterocycles. The first-order valence-electron chi connectivity index (χ1n) is 4.35. The maximum atomic E-state index is 4.02. The molecule has 0 atom stereocenters. The molecule has 1 fully saturated rings. The van der Waals surface area contributed by atoms with E-state index in [0.29, 0.717) is 0 Å². The summed E-state index contributed by atoms with van der Waals surface area (Å²) in [4.78, 5) is 4.73. The van der Waals surface area contributed by atoms with Crippen LogP contribution >= 0.6 is 0 Å². The Kier molecular flexibility index (Phi) is 2.94. The molecule has 0 spiro atoms. The van der Waals surface area contributed by atoms with Gasteiger partial charge in [0.1, 0.15) is 0 Å². The fourth-order valence-electron chi connectivity index (χ4n) is 1.36. The minimum atomic E-state index is 1.13. The molecule has 1 saturated heterocycles.